The van der Waals surface area contributed by atoms with Crippen molar-refractivity contribution in [3.05, 3.63) is 211 Å². The van der Waals surface area contributed by atoms with Crippen molar-refractivity contribution in [3.8, 4) is 11.4 Å². The molecule has 5 heteroatoms. The topological polar surface area (TPSA) is 30.9 Å². The minimum absolute atomic E-state index is 0.680. The molecule has 0 amide bonds. The number of nitrogens with zero attached hydrogens (tertiary/aromatic N) is 5. The lowest BCUT2D eigenvalue weighted by atomic mass is 9.74. The van der Waals surface area contributed by atoms with Crippen molar-refractivity contribution >= 4 is 66.3 Å². The van der Waals surface area contributed by atoms with E-state index in [0.717, 1.165) is 34.0 Å². The maximum atomic E-state index is 5.34. The number of rotatable bonds is 4. The smallest absolute Gasteiger partial charge is 0.212 e. The fraction of sp³-hybridized carbons (Fsp3) is 0.0392. The summed E-state index contributed by atoms with van der Waals surface area (Å²) in [5.74, 6) is 0.904. The zero-order valence-corrected chi connectivity index (χ0v) is 30.7. The fourth-order valence-corrected chi connectivity index (χ4v) is 9.70. The Kier molecular flexibility index (Phi) is 6.41. The molecule has 0 fully saturated rings. The predicted octanol–water partition coefficient (Wildman–Crippen LogP) is 12.2. The summed E-state index contributed by atoms with van der Waals surface area (Å²) < 4.78 is 7.31. The minimum atomic E-state index is -0.680. The Balaban J connectivity index is 1.18. The van der Waals surface area contributed by atoms with Gasteiger partial charge in [-0.1, -0.05) is 133 Å². The summed E-state index contributed by atoms with van der Waals surface area (Å²) >= 11 is 0. The molecular weight excluding hydrogens is 683 g/mol. The second-order valence-corrected chi connectivity index (χ2v) is 14.9. The van der Waals surface area contributed by atoms with Crippen LogP contribution in [-0.2, 0) is 5.54 Å². The van der Waals surface area contributed by atoms with Crippen LogP contribution in [0.1, 0.15) is 16.7 Å². The number of imidazole rings is 1. The van der Waals surface area contributed by atoms with Crippen LogP contribution >= 0.6 is 0 Å². The maximum Gasteiger partial charge on any atom is 0.212 e. The Morgan fingerprint density at radius 2 is 0.911 bits per heavy atom. The summed E-state index contributed by atoms with van der Waals surface area (Å²) in [6.07, 6.45) is 0. The van der Waals surface area contributed by atoms with Crippen LogP contribution in [0.5, 0.6) is 0 Å². The van der Waals surface area contributed by atoms with Gasteiger partial charge in [0.25, 0.3) is 0 Å². The van der Waals surface area contributed by atoms with Crippen LogP contribution < -0.4 is 4.90 Å². The molecule has 5 nitrogen and oxygen atoms in total. The summed E-state index contributed by atoms with van der Waals surface area (Å²) in [5.41, 5.74) is 13.1. The second-order valence-electron chi connectivity index (χ2n) is 14.9. The van der Waals surface area contributed by atoms with Crippen LogP contribution in [0.3, 0.4) is 0 Å². The van der Waals surface area contributed by atoms with Crippen molar-refractivity contribution < 1.29 is 0 Å². The molecule has 12 rings (SSSR count). The van der Waals surface area contributed by atoms with Crippen LogP contribution in [-0.4, -0.2) is 25.7 Å². The van der Waals surface area contributed by atoms with E-state index in [9.17, 15) is 0 Å². The van der Waals surface area contributed by atoms with Crippen LogP contribution in [0.4, 0.5) is 11.6 Å². The Bertz CT molecular complexity index is 3280. The highest BCUT2D eigenvalue weighted by Crippen LogP contribution is 2.53. The number of benzene rings is 8. The SMILES string of the molecule is CN1c2cc(-n3c4ccccc4c4cc5c(cc43)c3ccccc3n5-c3ccccc3)ccc2C(c2ccccc2)(c2ccccc2)n2c1nc1ccccc12. The number of fused-ring (bicyclic) bond motifs is 10. The molecule has 11 aromatic rings. The maximum absolute atomic E-state index is 5.34. The average Bonchev–Trinajstić information content (AvgIpc) is 3.92. The van der Waals surface area contributed by atoms with Gasteiger partial charge < -0.3 is 14.0 Å². The Morgan fingerprint density at radius 3 is 1.52 bits per heavy atom. The third-order valence-corrected chi connectivity index (χ3v) is 12.0. The predicted molar refractivity (Wildman–Crippen MR) is 231 cm³/mol. The molecule has 0 bridgehead atoms. The van der Waals surface area contributed by atoms with E-state index < -0.39 is 5.54 Å². The first-order valence-corrected chi connectivity index (χ1v) is 19.2. The summed E-state index contributed by atoms with van der Waals surface area (Å²) in [5, 5.41) is 4.93. The zero-order chi connectivity index (χ0) is 37.0. The first-order chi connectivity index (χ1) is 27.7. The lowest BCUT2D eigenvalue weighted by Crippen LogP contribution is -2.43. The Hall–Kier alpha value is -7.37. The molecule has 1 aliphatic heterocycles. The van der Waals surface area contributed by atoms with Gasteiger partial charge in [0, 0.05) is 45.5 Å². The van der Waals surface area contributed by atoms with E-state index in [4.69, 9.17) is 4.98 Å². The van der Waals surface area contributed by atoms with Crippen LogP contribution in [0.15, 0.2) is 194 Å². The van der Waals surface area contributed by atoms with E-state index in [0.29, 0.717) is 0 Å². The van der Waals surface area contributed by atoms with E-state index in [1.165, 1.54) is 60.3 Å². The van der Waals surface area contributed by atoms with Crippen LogP contribution in [0, 0.1) is 0 Å². The first kappa shape index (κ1) is 31.0. The highest BCUT2D eigenvalue weighted by Gasteiger charge is 2.47. The molecule has 3 aromatic heterocycles. The van der Waals surface area contributed by atoms with Gasteiger partial charge in [-0.3, -0.25) is 4.57 Å². The van der Waals surface area contributed by atoms with E-state index in [2.05, 4.69) is 220 Å². The summed E-state index contributed by atoms with van der Waals surface area (Å²) in [6, 6.07) is 70.6. The van der Waals surface area contributed by atoms with Gasteiger partial charge in [-0.25, -0.2) is 4.98 Å². The molecule has 8 aromatic carbocycles. The summed E-state index contributed by atoms with van der Waals surface area (Å²) in [6.45, 7) is 0. The van der Waals surface area contributed by atoms with E-state index >= 15 is 0 Å². The van der Waals surface area contributed by atoms with Gasteiger partial charge in [0.05, 0.1) is 38.8 Å². The van der Waals surface area contributed by atoms with Gasteiger partial charge >= 0.3 is 0 Å². The van der Waals surface area contributed by atoms with Crippen LogP contribution in [0.2, 0.25) is 0 Å². The van der Waals surface area contributed by atoms with Crippen LogP contribution in [0.25, 0.3) is 66.0 Å². The van der Waals surface area contributed by atoms with E-state index in [1.54, 1.807) is 0 Å². The molecule has 0 N–H and O–H groups in total. The van der Waals surface area contributed by atoms with Crippen molar-refractivity contribution in [1.29, 1.82) is 0 Å². The molecule has 0 atom stereocenters. The normalized spacial score (nSPS) is 13.6. The largest absolute Gasteiger partial charge is 0.315 e. The standard InChI is InChI=1S/C51H35N5/c1-53-49-31-37(29-30-42(49)51(34-17-5-2-6-18-34,35-19-7-3-8-20-35)56-46-28-16-13-25-43(46)52-50(53)56)55-45-27-15-12-24-39(45)41-32-47-40(33-48(41)55)38-23-11-14-26-44(38)54(47)36-21-9-4-10-22-36/h2-33H,1H3. The molecule has 0 saturated heterocycles. The van der Waals surface area contributed by atoms with Gasteiger partial charge in [-0.05, 0) is 71.8 Å². The molecule has 0 aliphatic carbocycles. The minimum Gasteiger partial charge on any atom is -0.315 e. The average molecular weight is 718 g/mol. The molecule has 4 heterocycles. The second kappa shape index (κ2) is 11.6. The third-order valence-electron chi connectivity index (χ3n) is 12.0. The molecule has 264 valence electrons. The van der Waals surface area contributed by atoms with E-state index in [-0.39, 0.29) is 0 Å². The van der Waals surface area contributed by atoms with Crippen molar-refractivity contribution in [3.63, 3.8) is 0 Å². The first-order valence-electron chi connectivity index (χ1n) is 19.2. The molecule has 0 unspecified atom stereocenters. The number of anilines is 2. The zero-order valence-electron chi connectivity index (χ0n) is 30.7. The molecule has 1 aliphatic rings. The molecule has 0 spiro atoms. The summed E-state index contributed by atoms with van der Waals surface area (Å²) in [7, 11) is 2.16. The third kappa shape index (κ3) is 4.06. The number of para-hydroxylation sites is 5. The quantitative estimate of drug-likeness (QED) is 0.181. The van der Waals surface area contributed by atoms with Gasteiger partial charge in [0.2, 0.25) is 5.95 Å². The Labute approximate surface area is 323 Å². The summed E-state index contributed by atoms with van der Waals surface area (Å²) in [4.78, 5) is 7.62. The highest BCUT2D eigenvalue weighted by atomic mass is 15.4. The lowest BCUT2D eigenvalue weighted by molar-refractivity contribution is 0.517. The lowest BCUT2D eigenvalue weighted by Gasteiger charge is -2.45. The number of hydrogen-bond acceptors (Lipinski definition) is 2. The van der Waals surface area contributed by atoms with Gasteiger partial charge in [-0.15, -0.1) is 0 Å². The van der Waals surface area contributed by atoms with Crippen molar-refractivity contribution in [1.82, 2.24) is 18.7 Å². The van der Waals surface area contributed by atoms with E-state index in [1.807, 2.05) is 0 Å². The van der Waals surface area contributed by atoms with Crippen molar-refractivity contribution in [2.45, 2.75) is 5.54 Å². The molecular formula is C51H35N5. The molecule has 0 radical (unpaired) electrons. The van der Waals surface area contributed by atoms with Crippen molar-refractivity contribution in [2.24, 2.45) is 0 Å². The van der Waals surface area contributed by atoms with Gasteiger partial charge in [-0.2, -0.15) is 0 Å². The van der Waals surface area contributed by atoms with Gasteiger partial charge in [0.1, 0.15) is 5.54 Å². The molecule has 0 saturated carbocycles. The monoisotopic (exact) mass is 717 g/mol. The molecule has 56 heavy (non-hydrogen) atoms. The number of hydrogen-bond donors (Lipinski definition) is 0. The van der Waals surface area contributed by atoms with Gasteiger partial charge in [0.15, 0.2) is 0 Å². The number of aromatic nitrogens is 4. The Morgan fingerprint density at radius 1 is 0.411 bits per heavy atom. The fourth-order valence-electron chi connectivity index (χ4n) is 9.70. The highest BCUT2D eigenvalue weighted by molar-refractivity contribution is 6.19. The van der Waals surface area contributed by atoms with Crippen molar-refractivity contribution in [2.75, 3.05) is 11.9 Å².